The van der Waals surface area contributed by atoms with Crippen LogP contribution in [0.5, 0.6) is 0 Å². The first kappa shape index (κ1) is 21.4. The number of nitrogens with two attached hydrogens (primary N) is 1. The van der Waals surface area contributed by atoms with E-state index < -0.39 is 5.60 Å². The lowest BCUT2D eigenvalue weighted by molar-refractivity contribution is -0.142. The summed E-state index contributed by atoms with van der Waals surface area (Å²) < 4.78 is 5.68. The van der Waals surface area contributed by atoms with Crippen LogP contribution in [0, 0.1) is 5.41 Å². The van der Waals surface area contributed by atoms with Crippen LogP contribution in [0.15, 0.2) is 66.7 Å². The molecule has 0 spiro atoms. The fourth-order valence-electron chi connectivity index (χ4n) is 3.12. The minimum absolute atomic E-state index is 0. The van der Waals surface area contributed by atoms with Crippen molar-refractivity contribution in [3.63, 3.8) is 0 Å². The van der Waals surface area contributed by atoms with Crippen LogP contribution in [0.3, 0.4) is 0 Å². The number of fused-ring (bicyclic) bond motifs is 1. The molecule has 3 aromatic rings. The zero-order valence-corrected chi connectivity index (χ0v) is 16.7. The second kappa shape index (κ2) is 8.87. The van der Waals surface area contributed by atoms with E-state index in [1.54, 1.807) is 26.2 Å². The molecule has 0 aliphatic carbocycles. The number of nitrogen functional groups attached to an aromatic ring is 1. The Balaban J connectivity index is 0.00000280. The summed E-state index contributed by atoms with van der Waals surface area (Å²) in [5.41, 5.74) is 6.76. The Morgan fingerprint density at radius 1 is 1.07 bits per heavy atom. The third-order valence-electron chi connectivity index (χ3n) is 4.86. The summed E-state index contributed by atoms with van der Waals surface area (Å²) in [7, 11) is 1.54. The molecule has 28 heavy (non-hydrogen) atoms. The number of carbonyl (C=O) groups is 1. The van der Waals surface area contributed by atoms with Crippen molar-refractivity contribution < 1.29 is 9.53 Å². The van der Waals surface area contributed by atoms with Crippen LogP contribution in [0.1, 0.15) is 23.6 Å². The van der Waals surface area contributed by atoms with Gasteiger partial charge in [0.25, 0.3) is 5.91 Å². The van der Waals surface area contributed by atoms with Crippen molar-refractivity contribution in [3.05, 3.63) is 83.4 Å². The van der Waals surface area contributed by atoms with Crippen molar-refractivity contribution in [1.82, 2.24) is 5.32 Å². The second-order valence-electron chi connectivity index (χ2n) is 6.56. The van der Waals surface area contributed by atoms with E-state index in [-0.39, 0.29) is 24.1 Å². The number of ether oxygens (including phenoxy) is 1. The predicted molar refractivity (Wildman–Crippen MR) is 115 cm³/mol. The first-order valence-corrected chi connectivity index (χ1v) is 8.71. The molecule has 0 aromatic heterocycles. The van der Waals surface area contributed by atoms with Gasteiger partial charge < -0.3 is 15.8 Å². The molecule has 0 radical (unpaired) electrons. The largest absolute Gasteiger partial charge is 0.384 e. The molecular weight excluding hydrogens is 374 g/mol. The molecule has 5 nitrogen and oxygen atoms in total. The normalized spacial score (nSPS) is 12.6. The highest BCUT2D eigenvalue weighted by molar-refractivity contribution is 5.95. The Hall–Kier alpha value is -2.89. The summed E-state index contributed by atoms with van der Waals surface area (Å²) in [6, 6.07) is 21.0. The Kier molecular flexibility index (Phi) is 6.78. The van der Waals surface area contributed by atoms with Crippen LogP contribution in [0.25, 0.3) is 10.8 Å². The maximum absolute atomic E-state index is 13.0. The van der Waals surface area contributed by atoms with Gasteiger partial charge in [0, 0.05) is 24.8 Å². The number of amidine groups is 1. The molecule has 0 fully saturated rings. The van der Waals surface area contributed by atoms with E-state index in [0.29, 0.717) is 12.1 Å². The molecule has 1 amide bonds. The molecule has 0 saturated carbocycles. The molecule has 0 unspecified atom stereocenters. The highest BCUT2D eigenvalue weighted by Crippen LogP contribution is 2.31. The summed E-state index contributed by atoms with van der Waals surface area (Å²) in [6.45, 7) is 2.14. The molecule has 3 aromatic carbocycles. The zero-order valence-electron chi connectivity index (χ0n) is 15.9. The van der Waals surface area contributed by atoms with Gasteiger partial charge in [-0.3, -0.25) is 10.2 Å². The van der Waals surface area contributed by atoms with Gasteiger partial charge in [-0.25, -0.2) is 0 Å². The van der Waals surface area contributed by atoms with Crippen LogP contribution >= 0.6 is 12.4 Å². The van der Waals surface area contributed by atoms with Gasteiger partial charge in [0.15, 0.2) is 5.60 Å². The van der Waals surface area contributed by atoms with Gasteiger partial charge in [0.1, 0.15) is 5.84 Å². The highest BCUT2D eigenvalue weighted by Gasteiger charge is 2.36. The fourth-order valence-corrected chi connectivity index (χ4v) is 3.12. The summed E-state index contributed by atoms with van der Waals surface area (Å²) in [5.74, 6) is -0.189. The van der Waals surface area contributed by atoms with E-state index in [2.05, 4.69) is 5.32 Å². The molecule has 146 valence electrons. The lowest BCUT2D eigenvalue weighted by Gasteiger charge is -2.28. The van der Waals surface area contributed by atoms with E-state index >= 15 is 0 Å². The first-order valence-electron chi connectivity index (χ1n) is 8.71. The molecule has 0 aliphatic heterocycles. The number of amides is 1. The Bertz CT molecular complexity index is 983. The maximum Gasteiger partial charge on any atom is 0.256 e. The zero-order chi connectivity index (χ0) is 19.4. The van der Waals surface area contributed by atoms with Gasteiger partial charge in [-0.2, -0.15) is 0 Å². The molecule has 1 atom stereocenters. The smallest absolute Gasteiger partial charge is 0.256 e. The Morgan fingerprint density at radius 3 is 2.36 bits per heavy atom. The summed E-state index contributed by atoms with van der Waals surface area (Å²) in [4.78, 5) is 13.0. The molecular formula is C22H24ClN3O2. The van der Waals surface area contributed by atoms with E-state index in [1.807, 2.05) is 54.6 Å². The van der Waals surface area contributed by atoms with Crippen molar-refractivity contribution >= 4 is 34.9 Å². The summed E-state index contributed by atoms with van der Waals surface area (Å²) in [6.07, 6.45) is 0. The van der Waals surface area contributed by atoms with Crippen molar-refractivity contribution in [2.45, 2.75) is 19.1 Å². The number of hydrogen-bond donors (Lipinski definition) is 3. The third-order valence-corrected chi connectivity index (χ3v) is 4.86. The van der Waals surface area contributed by atoms with Crippen LogP contribution in [-0.4, -0.2) is 18.9 Å². The molecule has 3 rings (SSSR count). The van der Waals surface area contributed by atoms with E-state index in [4.69, 9.17) is 15.9 Å². The molecule has 6 heteroatoms. The lowest BCUT2D eigenvalue weighted by atomic mass is 9.89. The second-order valence-corrected chi connectivity index (χ2v) is 6.56. The molecule has 0 bridgehead atoms. The lowest BCUT2D eigenvalue weighted by Crippen LogP contribution is -2.43. The van der Waals surface area contributed by atoms with Crippen molar-refractivity contribution in [3.8, 4) is 0 Å². The molecule has 0 saturated heterocycles. The number of carbonyl (C=O) groups excluding carboxylic acids is 1. The van der Waals surface area contributed by atoms with E-state index in [1.165, 1.54) is 0 Å². The van der Waals surface area contributed by atoms with Crippen LogP contribution in [-0.2, 0) is 21.7 Å². The number of halogens is 1. The monoisotopic (exact) mass is 397 g/mol. The number of methoxy groups -OCH3 is 1. The van der Waals surface area contributed by atoms with Crippen LogP contribution in [0.4, 0.5) is 0 Å². The van der Waals surface area contributed by atoms with Crippen molar-refractivity contribution in [2.24, 2.45) is 5.73 Å². The van der Waals surface area contributed by atoms with Gasteiger partial charge in [-0.1, -0.05) is 66.7 Å². The maximum atomic E-state index is 13.0. The van der Waals surface area contributed by atoms with Crippen molar-refractivity contribution in [1.29, 1.82) is 5.41 Å². The van der Waals surface area contributed by atoms with Crippen molar-refractivity contribution in [2.75, 3.05) is 7.11 Å². The number of rotatable bonds is 6. The third kappa shape index (κ3) is 4.16. The number of nitrogens with one attached hydrogen (secondary N) is 2. The SMILES string of the molecule is CO[C@](C)(C(=O)NCc1ccc(C(=N)N)cc1)c1cccc2ccccc12.Cl. The summed E-state index contributed by atoms with van der Waals surface area (Å²) >= 11 is 0. The minimum Gasteiger partial charge on any atom is -0.384 e. The minimum atomic E-state index is -1.11. The van der Waals surface area contributed by atoms with Gasteiger partial charge in [-0.15, -0.1) is 12.4 Å². The van der Waals surface area contributed by atoms with Gasteiger partial charge >= 0.3 is 0 Å². The summed E-state index contributed by atoms with van der Waals surface area (Å²) in [5, 5.41) is 12.4. The van der Waals surface area contributed by atoms with Crippen LogP contribution in [0.2, 0.25) is 0 Å². The van der Waals surface area contributed by atoms with Gasteiger partial charge in [0.05, 0.1) is 0 Å². The molecule has 4 N–H and O–H groups in total. The number of hydrogen-bond acceptors (Lipinski definition) is 3. The van der Waals surface area contributed by atoms with Gasteiger partial charge in [0.2, 0.25) is 0 Å². The first-order chi connectivity index (χ1) is 13.0. The Morgan fingerprint density at radius 2 is 1.71 bits per heavy atom. The average molecular weight is 398 g/mol. The van der Waals surface area contributed by atoms with E-state index in [0.717, 1.165) is 21.9 Å². The average Bonchev–Trinajstić information content (AvgIpc) is 2.71. The van der Waals surface area contributed by atoms with Gasteiger partial charge in [-0.05, 0) is 23.3 Å². The molecule has 0 aliphatic rings. The fraction of sp³-hybridized carbons (Fsp3) is 0.182. The topological polar surface area (TPSA) is 88.2 Å². The van der Waals surface area contributed by atoms with E-state index in [9.17, 15) is 4.79 Å². The standard InChI is InChI=1S/C22H23N3O2.ClH/c1-22(27-2,19-9-5-7-16-6-3-4-8-18(16)19)21(26)25-14-15-10-12-17(13-11-15)20(23)24;/h3-13H,14H2,1-2H3,(H3,23,24)(H,25,26);1H/t22-;/m0./s1. The Labute approximate surface area is 170 Å². The van der Waals surface area contributed by atoms with Crippen LogP contribution < -0.4 is 11.1 Å². The molecule has 0 heterocycles. The highest BCUT2D eigenvalue weighted by atomic mass is 35.5. The predicted octanol–water partition coefficient (Wildman–Crippen LogP) is 3.72. The number of benzene rings is 3. The quantitative estimate of drug-likeness (QED) is 0.437.